The van der Waals surface area contributed by atoms with Crippen LogP contribution in [0.15, 0.2) is 35.6 Å². The lowest BCUT2D eigenvalue weighted by Gasteiger charge is -2.20. The van der Waals surface area contributed by atoms with Crippen LogP contribution in [0.1, 0.15) is 5.56 Å². The third-order valence-electron chi connectivity index (χ3n) is 3.29. The van der Waals surface area contributed by atoms with Crippen LogP contribution in [0.25, 0.3) is 0 Å². The lowest BCUT2D eigenvalue weighted by Crippen LogP contribution is -2.42. The Morgan fingerprint density at radius 3 is 2.65 bits per heavy atom. The zero-order valence-electron chi connectivity index (χ0n) is 12.7. The van der Waals surface area contributed by atoms with E-state index in [0.29, 0.717) is 22.5 Å². The van der Waals surface area contributed by atoms with Gasteiger partial charge in [-0.05, 0) is 18.2 Å². The van der Waals surface area contributed by atoms with Gasteiger partial charge in [-0.3, -0.25) is 10.1 Å². The Morgan fingerprint density at radius 1 is 1.26 bits per heavy atom. The summed E-state index contributed by atoms with van der Waals surface area (Å²) in [6.07, 6.45) is 3.57. The van der Waals surface area contributed by atoms with Crippen LogP contribution < -0.4 is 16.1 Å². The van der Waals surface area contributed by atoms with Crippen LogP contribution in [0.5, 0.6) is 0 Å². The molecule has 0 amide bonds. The molecule has 1 aromatic carbocycles. The van der Waals surface area contributed by atoms with E-state index < -0.39 is 0 Å². The number of nitrogens with one attached hydrogen (secondary N) is 3. The van der Waals surface area contributed by atoms with Crippen LogP contribution in [0.4, 0.5) is 5.69 Å². The van der Waals surface area contributed by atoms with Crippen molar-refractivity contribution in [2.45, 2.75) is 12.8 Å². The van der Waals surface area contributed by atoms with Gasteiger partial charge in [0, 0.05) is 41.6 Å². The highest BCUT2D eigenvalue weighted by atomic mass is 35.5. The Morgan fingerprint density at radius 2 is 2.00 bits per heavy atom. The van der Waals surface area contributed by atoms with E-state index in [1.165, 1.54) is 0 Å². The molecule has 1 aromatic heterocycles. The molecule has 2 heterocycles. The maximum absolute atomic E-state index is 6.01. The summed E-state index contributed by atoms with van der Waals surface area (Å²) in [5.74, 6) is 0.682. The summed E-state index contributed by atoms with van der Waals surface area (Å²) in [5, 5.41) is 13.7. The second kappa shape index (κ2) is 6.66. The van der Waals surface area contributed by atoms with Crippen molar-refractivity contribution in [3.8, 4) is 0 Å². The highest BCUT2D eigenvalue weighted by Gasteiger charge is 2.24. The van der Waals surface area contributed by atoms with E-state index in [-0.39, 0.29) is 6.29 Å². The predicted octanol–water partition coefficient (Wildman–Crippen LogP) is 2.02. The molecule has 3 N–H and O–H groups in total. The molecule has 1 aliphatic heterocycles. The average Bonchev–Trinajstić information content (AvgIpc) is 3.02. The Bertz CT molecular complexity index is 707. The summed E-state index contributed by atoms with van der Waals surface area (Å²) in [4.78, 5) is 4.49. The predicted molar refractivity (Wildman–Crippen MR) is 92.3 cm³/mol. The summed E-state index contributed by atoms with van der Waals surface area (Å²) in [6, 6.07) is 5.32. The van der Waals surface area contributed by atoms with Gasteiger partial charge in [0.2, 0.25) is 5.96 Å². The largest absolute Gasteiger partial charge is 0.351 e. The number of guanidine groups is 1. The second-order valence-electron chi connectivity index (χ2n) is 5.26. The Labute approximate surface area is 144 Å². The SMILES string of the molecule is CN1NC(=NCc2cnn(C)c2)NC1Nc1cc(Cl)cc(Cl)c1. The van der Waals surface area contributed by atoms with Gasteiger partial charge in [-0.2, -0.15) is 10.1 Å². The van der Waals surface area contributed by atoms with E-state index in [4.69, 9.17) is 23.2 Å². The lowest BCUT2D eigenvalue weighted by molar-refractivity contribution is 0.258. The summed E-state index contributed by atoms with van der Waals surface area (Å²) in [6.45, 7) is 0.548. The van der Waals surface area contributed by atoms with Crippen LogP contribution in [0, 0.1) is 0 Å². The van der Waals surface area contributed by atoms with E-state index in [1.807, 2.05) is 37.4 Å². The number of anilines is 1. The number of nitrogens with zero attached hydrogens (tertiary/aromatic N) is 4. The summed E-state index contributed by atoms with van der Waals surface area (Å²) >= 11 is 12.0. The van der Waals surface area contributed by atoms with Crippen LogP contribution >= 0.6 is 23.2 Å². The monoisotopic (exact) mass is 353 g/mol. The van der Waals surface area contributed by atoms with Gasteiger partial charge in [0.25, 0.3) is 0 Å². The molecule has 1 aliphatic rings. The highest BCUT2D eigenvalue weighted by molar-refractivity contribution is 6.35. The molecule has 2 aromatic rings. The standard InChI is InChI=1S/C14H17Cl2N7/c1-22-8-9(7-18-22)6-17-13-20-14(23(2)21-13)19-12-4-10(15)3-11(16)5-12/h3-5,7-8,14,19H,6H2,1-2H3,(H2,17,20,21). The van der Waals surface area contributed by atoms with Gasteiger partial charge in [0.15, 0.2) is 6.29 Å². The molecule has 3 rings (SSSR count). The number of hydrazine groups is 1. The van der Waals surface area contributed by atoms with Crippen LogP contribution in [-0.4, -0.2) is 34.1 Å². The number of benzene rings is 1. The molecule has 7 nitrogen and oxygen atoms in total. The highest BCUT2D eigenvalue weighted by Crippen LogP contribution is 2.23. The van der Waals surface area contributed by atoms with Crippen molar-refractivity contribution < 1.29 is 0 Å². The van der Waals surface area contributed by atoms with Crippen molar-refractivity contribution in [1.82, 2.24) is 25.5 Å². The zero-order valence-corrected chi connectivity index (χ0v) is 14.2. The molecular formula is C14H17Cl2N7. The van der Waals surface area contributed by atoms with Gasteiger partial charge < -0.3 is 10.6 Å². The first-order valence-corrected chi connectivity index (χ1v) is 7.76. The van der Waals surface area contributed by atoms with Gasteiger partial charge in [-0.1, -0.05) is 23.2 Å². The first kappa shape index (κ1) is 15.9. The van der Waals surface area contributed by atoms with Gasteiger partial charge in [-0.15, -0.1) is 0 Å². The van der Waals surface area contributed by atoms with E-state index in [2.05, 4.69) is 26.2 Å². The molecule has 0 saturated carbocycles. The van der Waals surface area contributed by atoms with Gasteiger partial charge in [-0.25, -0.2) is 4.99 Å². The molecule has 1 fully saturated rings. The Hall–Kier alpha value is -1.96. The third-order valence-corrected chi connectivity index (χ3v) is 3.72. The molecule has 122 valence electrons. The maximum Gasteiger partial charge on any atom is 0.209 e. The average molecular weight is 354 g/mol. The van der Waals surface area contributed by atoms with E-state index in [1.54, 1.807) is 16.9 Å². The Kier molecular flexibility index (Phi) is 4.61. The van der Waals surface area contributed by atoms with Crippen molar-refractivity contribution in [1.29, 1.82) is 0 Å². The fourth-order valence-corrected chi connectivity index (χ4v) is 2.75. The number of halogens is 2. The van der Waals surface area contributed by atoms with Gasteiger partial charge in [0.1, 0.15) is 0 Å². The van der Waals surface area contributed by atoms with Gasteiger partial charge >= 0.3 is 0 Å². The molecule has 0 radical (unpaired) electrons. The summed E-state index contributed by atoms with van der Waals surface area (Å²) in [7, 11) is 3.79. The molecule has 1 atom stereocenters. The van der Waals surface area contributed by atoms with Crippen LogP contribution in [0.3, 0.4) is 0 Å². The van der Waals surface area contributed by atoms with E-state index in [0.717, 1.165) is 11.3 Å². The normalized spacial score (nSPS) is 19.7. The quantitative estimate of drug-likeness (QED) is 0.784. The van der Waals surface area contributed by atoms with E-state index >= 15 is 0 Å². The van der Waals surface area contributed by atoms with E-state index in [9.17, 15) is 0 Å². The molecule has 1 saturated heterocycles. The molecule has 0 bridgehead atoms. The summed E-state index contributed by atoms with van der Waals surface area (Å²) in [5.41, 5.74) is 5.01. The van der Waals surface area contributed by atoms with Crippen molar-refractivity contribution in [3.63, 3.8) is 0 Å². The maximum atomic E-state index is 6.01. The molecule has 1 unspecified atom stereocenters. The number of hydrogen-bond donors (Lipinski definition) is 3. The Balaban J connectivity index is 1.63. The third kappa shape index (κ3) is 4.07. The van der Waals surface area contributed by atoms with Gasteiger partial charge in [0.05, 0.1) is 12.7 Å². The number of aryl methyl sites for hydroxylation is 1. The van der Waals surface area contributed by atoms with Crippen molar-refractivity contribution in [3.05, 3.63) is 46.2 Å². The van der Waals surface area contributed by atoms with Crippen LogP contribution in [-0.2, 0) is 13.6 Å². The first-order chi connectivity index (χ1) is 11.0. The minimum absolute atomic E-state index is 0.169. The summed E-state index contributed by atoms with van der Waals surface area (Å²) < 4.78 is 1.75. The van der Waals surface area contributed by atoms with Crippen molar-refractivity contribution in [2.24, 2.45) is 12.0 Å². The first-order valence-electron chi connectivity index (χ1n) is 7.00. The smallest absolute Gasteiger partial charge is 0.209 e. The fourth-order valence-electron chi connectivity index (χ4n) is 2.22. The lowest BCUT2D eigenvalue weighted by atomic mass is 10.3. The molecule has 23 heavy (non-hydrogen) atoms. The second-order valence-corrected chi connectivity index (χ2v) is 6.13. The number of rotatable bonds is 4. The fraction of sp³-hybridized carbons (Fsp3) is 0.286. The number of hydrogen-bond acceptors (Lipinski definition) is 4. The molecule has 9 heteroatoms. The topological polar surface area (TPSA) is 69.5 Å². The molecular weight excluding hydrogens is 337 g/mol. The molecule has 0 spiro atoms. The minimum Gasteiger partial charge on any atom is -0.351 e. The van der Waals surface area contributed by atoms with Crippen LogP contribution in [0.2, 0.25) is 10.0 Å². The minimum atomic E-state index is -0.169. The number of aliphatic imine (C=N–C) groups is 1. The van der Waals surface area contributed by atoms with Crippen molar-refractivity contribution in [2.75, 3.05) is 12.4 Å². The van der Waals surface area contributed by atoms with Crippen molar-refractivity contribution >= 4 is 34.8 Å². The number of aromatic nitrogens is 2. The zero-order chi connectivity index (χ0) is 16.4. The molecule has 0 aliphatic carbocycles.